The summed E-state index contributed by atoms with van der Waals surface area (Å²) in [6.07, 6.45) is 1.03. The highest BCUT2D eigenvalue weighted by Gasteiger charge is 2.02. The molecule has 0 aromatic heterocycles. The van der Waals surface area contributed by atoms with Crippen LogP contribution in [0.15, 0.2) is 22.7 Å². The Morgan fingerprint density at radius 2 is 2.18 bits per heavy atom. The third-order valence-electron chi connectivity index (χ3n) is 2.40. The second-order valence-electron chi connectivity index (χ2n) is 3.68. The van der Waals surface area contributed by atoms with Crippen LogP contribution in [0, 0.1) is 0 Å². The normalized spacial score (nSPS) is 10.5. The van der Waals surface area contributed by atoms with Crippen molar-refractivity contribution in [3.63, 3.8) is 0 Å². The molecular weight excluding hydrogens is 282 g/mol. The Morgan fingerprint density at radius 1 is 1.35 bits per heavy atom. The molecule has 0 amide bonds. The first-order valence-corrected chi connectivity index (χ1v) is 6.68. The number of ether oxygens (including phenoxy) is 2. The van der Waals surface area contributed by atoms with E-state index >= 15 is 0 Å². The summed E-state index contributed by atoms with van der Waals surface area (Å²) in [5, 5.41) is 3.38. The highest BCUT2D eigenvalue weighted by atomic mass is 79.9. The monoisotopic (exact) mass is 301 g/mol. The van der Waals surface area contributed by atoms with E-state index in [9.17, 15) is 0 Å². The highest BCUT2D eigenvalue weighted by molar-refractivity contribution is 9.10. The first kappa shape index (κ1) is 14.5. The Kier molecular flexibility index (Phi) is 7.24. The maximum atomic E-state index is 5.31. The highest BCUT2D eigenvalue weighted by Crippen LogP contribution is 2.22. The summed E-state index contributed by atoms with van der Waals surface area (Å²) < 4.78 is 11.7. The van der Waals surface area contributed by atoms with Gasteiger partial charge in [0.25, 0.3) is 0 Å². The molecule has 0 atom stereocenters. The Hall–Kier alpha value is -0.580. The molecule has 0 heterocycles. The lowest BCUT2D eigenvalue weighted by Crippen LogP contribution is -2.16. The molecule has 1 aromatic carbocycles. The van der Waals surface area contributed by atoms with Crippen molar-refractivity contribution in [2.45, 2.75) is 19.9 Å². The molecule has 17 heavy (non-hydrogen) atoms. The molecule has 0 aliphatic carbocycles. The zero-order chi connectivity index (χ0) is 12.5. The molecule has 0 unspecified atom stereocenters. The molecule has 1 N–H and O–H groups in total. The van der Waals surface area contributed by atoms with Gasteiger partial charge in [0.1, 0.15) is 5.75 Å². The first-order chi connectivity index (χ1) is 8.27. The summed E-state index contributed by atoms with van der Waals surface area (Å²) in [6.45, 7) is 5.39. The van der Waals surface area contributed by atoms with Gasteiger partial charge in [-0.05, 0) is 38.1 Å². The first-order valence-electron chi connectivity index (χ1n) is 5.88. The summed E-state index contributed by atoms with van der Waals surface area (Å²) in [6, 6.07) is 6.03. The molecule has 0 radical (unpaired) electrons. The predicted octanol–water partition coefficient (Wildman–Crippen LogP) is 2.97. The van der Waals surface area contributed by atoms with E-state index < -0.39 is 0 Å². The fourth-order valence-electron chi connectivity index (χ4n) is 1.55. The molecule has 4 heteroatoms. The third-order valence-corrected chi connectivity index (χ3v) is 2.90. The second kappa shape index (κ2) is 8.50. The van der Waals surface area contributed by atoms with E-state index in [1.165, 1.54) is 5.56 Å². The lowest BCUT2D eigenvalue weighted by Gasteiger charge is -2.10. The van der Waals surface area contributed by atoms with Crippen molar-refractivity contribution in [2.75, 3.05) is 26.9 Å². The number of nitrogens with one attached hydrogen (secondary N) is 1. The fraction of sp³-hybridized carbons (Fsp3) is 0.538. The quantitative estimate of drug-likeness (QED) is 0.749. The molecule has 0 bridgehead atoms. The summed E-state index contributed by atoms with van der Waals surface area (Å²) in [7, 11) is 1.70. The van der Waals surface area contributed by atoms with Gasteiger partial charge in [-0.15, -0.1) is 0 Å². The molecule has 3 nitrogen and oxygen atoms in total. The van der Waals surface area contributed by atoms with Crippen LogP contribution < -0.4 is 10.1 Å². The van der Waals surface area contributed by atoms with Gasteiger partial charge in [0, 0.05) is 29.8 Å². The zero-order valence-corrected chi connectivity index (χ0v) is 12.0. The number of hydrogen-bond donors (Lipinski definition) is 1. The second-order valence-corrected chi connectivity index (χ2v) is 4.60. The van der Waals surface area contributed by atoms with Crippen molar-refractivity contribution >= 4 is 15.9 Å². The van der Waals surface area contributed by atoms with Crippen LogP contribution in [0.2, 0.25) is 0 Å². The van der Waals surface area contributed by atoms with E-state index in [1.54, 1.807) is 7.11 Å². The van der Waals surface area contributed by atoms with Crippen LogP contribution >= 0.6 is 15.9 Å². The summed E-state index contributed by atoms with van der Waals surface area (Å²) >= 11 is 3.47. The van der Waals surface area contributed by atoms with Gasteiger partial charge in [-0.2, -0.15) is 0 Å². The van der Waals surface area contributed by atoms with Crippen LogP contribution in [0.3, 0.4) is 0 Å². The SMILES string of the molecule is CCOCCCNCc1cc(Br)ccc1OC. The Labute approximate surface area is 112 Å². The number of rotatable bonds is 8. The smallest absolute Gasteiger partial charge is 0.123 e. The van der Waals surface area contributed by atoms with Crippen LogP contribution in [0.25, 0.3) is 0 Å². The summed E-state index contributed by atoms with van der Waals surface area (Å²) in [4.78, 5) is 0. The van der Waals surface area contributed by atoms with Crippen molar-refractivity contribution in [3.8, 4) is 5.75 Å². The minimum absolute atomic E-state index is 0.791. The van der Waals surface area contributed by atoms with Gasteiger partial charge in [-0.1, -0.05) is 15.9 Å². The maximum Gasteiger partial charge on any atom is 0.123 e. The number of methoxy groups -OCH3 is 1. The van der Waals surface area contributed by atoms with Gasteiger partial charge < -0.3 is 14.8 Å². The molecule has 0 saturated carbocycles. The molecule has 0 aliphatic heterocycles. The molecule has 96 valence electrons. The predicted molar refractivity (Wildman–Crippen MR) is 73.5 cm³/mol. The van der Waals surface area contributed by atoms with Gasteiger partial charge in [-0.3, -0.25) is 0 Å². The van der Waals surface area contributed by atoms with E-state index in [-0.39, 0.29) is 0 Å². The van der Waals surface area contributed by atoms with Gasteiger partial charge in [0.05, 0.1) is 7.11 Å². The van der Waals surface area contributed by atoms with Gasteiger partial charge in [-0.25, -0.2) is 0 Å². The molecule has 0 aliphatic rings. The molecule has 0 saturated heterocycles. The molecule has 0 fully saturated rings. The fourth-order valence-corrected chi connectivity index (χ4v) is 1.96. The minimum Gasteiger partial charge on any atom is -0.496 e. The van der Waals surface area contributed by atoms with E-state index in [0.29, 0.717) is 0 Å². The van der Waals surface area contributed by atoms with Gasteiger partial charge in [0.2, 0.25) is 0 Å². The Balaban J connectivity index is 2.32. The van der Waals surface area contributed by atoms with Crippen LogP contribution in [0.1, 0.15) is 18.9 Å². The number of hydrogen-bond acceptors (Lipinski definition) is 3. The van der Waals surface area contributed by atoms with Gasteiger partial charge in [0.15, 0.2) is 0 Å². The van der Waals surface area contributed by atoms with Crippen LogP contribution in [-0.2, 0) is 11.3 Å². The van der Waals surface area contributed by atoms with Crippen LogP contribution in [-0.4, -0.2) is 26.9 Å². The Bertz CT molecular complexity index is 331. The van der Waals surface area contributed by atoms with E-state index in [0.717, 1.165) is 42.9 Å². The zero-order valence-electron chi connectivity index (χ0n) is 10.5. The average Bonchev–Trinajstić information content (AvgIpc) is 2.34. The van der Waals surface area contributed by atoms with Crippen molar-refractivity contribution < 1.29 is 9.47 Å². The van der Waals surface area contributed by atoms with Crippen LogP contribution in [0.5, 0.6) is 5.75 Å². The van der Waals surface area contributed by atoms with Crippen molar-refractivity contribution in [1.82, 2.24) is 5.32 Å². The molecular formula is C13H20BrNO2. The number of benzene rings is 1. The molecule has 1 rings (SSSR count). The van der Waals surface area contributed by atoms with E-state index in [2.05, 4.69) is 27.3 Å². The van der Waals surface area contributed by atoms with Crippen LogP contribution in [0.4, 0.5) is 0 Å². The summed E-state index contributed by atoms with van der Waals surface area (Å²) in [5.41, 5.74) is 1.17. The lowest BCUT2D eigenvalue weighted by molar-refractivity contribution is 0.144. The largest absolute Gasteiger partial charge is 0.496 e. The lowest BCUT2D eigenvalue weighted by atomic mass is 10.2. The molecule has 1 aromatic rings. The minimum atomic E-state index is 0.791. The summed E-state index contributed by atoms with van der Waals surface area (Å²) in [5.74, 6) is 0.922. The topological polar surface area (TPSA) is 30.5 Å². The maximum absolute atomic E-state index is 5.31. The van der Waals surface area contributed by atoms with Gasteiger partial charge >= 0.3 is 0 Å². The molecule has 0 spiro atoms. The standard InChI is InChI=1S/C13H20BrNO2/c1-3-17-8-4-7-15-10-11-9-12(14)5-6-13(11)16-2/h5-6,9,15H,3-4,7-8,10H2,1-2H3. The van der Waals surface area contributed by atoms with E-state index in [4.69, 9.17) is 9.47 Å². The Morgan fingerprint density at radius 3 is 2.88 bits per heavy atom. The number of halogens is 1. The van der Waals surface area contributed by atoms with Crippen molar-refractivity contribution in [3.05, 3.63) is 28.2 Å². The average molecular weight is 302 g/mol. The van der Waals surface area contributed by atoms with Crippen molar-refractivity contribution in [1.29, 1.82) is 0 Å². The third kappa shape index (κ3) is 5.52. The van der Waals surface area contributed by atoms with E-state index in [1.807, 2.05) is 19.1 Å². The van der Waals surface area contributed by atoms with Crippen molar-refractivity contribution in [2.24, 2.45) is 0 Å².